The van der Waals surface area contributed by atoms with Gasteiger partial charge in [-0.2, -0.15) is 0 Å². The summed E-state index contributed by atoms with van der Waals surface area (Å²) in [6.45, 7) is 0. The normalized spacial score (nSPS) is 12.8. The van der Waals surface area contributed by atoms with Crippen molar-refractivity contribution in [2.45, 2.75) is 12.5 Å². The van der Waals surface area contributed by atoms with Gasteiger partial charge in [0, 0.05) is 10.4 Å². The van der Waals surface area contributed by atoms with Crippen LogP contribution in [0.2, 0.25) is 5.02 Å². The van der Waals surface area contributed by atoms with Crippen LogP contribution in [0.5, 0.6) is 0 Å². The molecule has 102 valence electrons. The molecule has 1 heterocycles. The van der Waals surface area contributed by atoms with Crippen molar-refractivity contribution in [3.05, 3.63) is 70.7 Å². The van der Waals surface area contributed by atoms with Crippen LogP contribution in [-0.4, -0.2) is 0 Å². The first-order valence-corrected chi connectivity index (χ1v) is 6.69. The van der Waals surface area contributed by atoms with Crippen molar-refractivity contribution < 1.29 is 8.81 Å². The van der Waals surface area contributed by atoms with E-state index in [0.717, 1.165) is 16.5 Å². The van der Waals surface area contributed by atoms with Gasteiger partial charge < -0.3 is 10.2 Å². The quantitative estimate of drug-likeness (QED) is 0.773. The van der Waals surface area contributed by atoms with E-state index in [1.165, 1.54) is 12.1 Å². The molecule has 2 nitrogen and oxygen atoms in total. The van der Waals surface area contributed by atoms with E-state index >= 15 is 0 Å². The molecule has 0 saturated carbocycles. The fourth-order valence-electron chi connectivity index (χ4n) is 2.21. The second-order valence-corrected chi connectivity index (χ2v) is 5.14. The van der Waals surface area contributed by atoms with Crippen LogP contribution in [0.25, 0.3) is 11.0 Å². The van der Waals surface area contributed by atoms with Gasteiger partial charge in [0.1, 0.15) is 17.2 Å². The minimum absolute atomic E-state index is 0.314. The predicted molar refractivity (Wildman–Crippen MR) is 78.3 cm³/mol. The van der Waals surface area contributed by atoms with Crippen LogP contribution in [0.1, 0.15) is 17.4 Å². The largest absolute Gasteiger partial charge is 0.459 e. The minimum atomic E-state index is -0.351. The summed E-state index contributed by atoms with van der Waals surface area (Å²) in [5.41, 5.74) is 7.77. The molecule has 2 aromatic carbocycles. The first-order chi connectivity index (χ1) is 9.63. The van der Waals surface area contributed by atoms with Crippen molar-refractivity contribution in [3.8, 4) is 0 Å². The van der Waals surface area contributed by atoms with Gasteiger partial charge in [0.05, 0.1) is 6.04 Å². The van der Waals surface area contributed by atoms with Gasteiger partial charge in [0.25, 0.3) is 0 Å². The van der Waals surface area contributed by atoms with E-state index in [4.69, 9.17) is 21.8 Å². The Morgan fingerprint density at radius 1 is 1.15 bits per heavy atom. The van der Waals surface area contributed by atoms with E-state index in [0.29, 0.717) is 17.2 Å². The second kappa shape index (κ2) is 5.27. The summed E-state index contributed by atoms with van der Waals surface area (Å²) in [7, 11) is 0. The van der Waals surface area contributed by atoms with Crippen molar-refractivity contribution >= 4 is 22.6 Å². The van der Waals surface area contributed by atoms with Crippen LogP contribution in [-0.2, 0) is 6.42 Å². The van der Waals surface area contributed by atoms with Gasteiger partial charge in [-0.1, -0.05) is 35.9 Å². The third-order valence-corrected chi connectivity index (χ3v) is 3.62. The summed E-state index contributed by atoms with van der Waals surface area (Å²) in [4.78, 5) is 0. The van der Waals surface area contributed by atoms with E-state index in [-0.39, 0.29) is 11.9 Å². The maximum atomic E-state index is 13.0. The van der Waals surface area contributed by atoms with Crippen LogP contribution >= 0.6 is 11.6 Å². The molecule has 3 aromatic rings. The zero-order chi connectivity index (χ0) is 14.1. The van der Waals surface area contributed by atoms with E-state index in [9.17, 15) is 4.39 Å². The molecule has 0 fully saturated rings. The molecule has 4 heteroatoms. The van der Waals surface area contributed by atoms with Crippen molar-refractivity contribution in [1.82, 2.24) is 0 Å². The molecule has 1 atom stereocenters. The molecular formula is C16H13ClFNO. The van der Waals surface area contributed by atoms with E-state index in [1.807, 2.05) is 30.3 Å². The molecule has 0 aliphatic carbocycles. The standard InChI is InChI=1S/C16H13ClFNO/c17-13-9-12(18)6-5-10(13)7-14(19)16-8-11-3-1-2-4-15(11)20-16/h1-6,8-9,14H,7,19H2. The third-order valence-electron chi connectivity index (χ3n) is 3.26. The van der Waals surface area contributed by atoms with Gasteiger partial charge in [-0.3, -0.25) is 0 Å². The Labute approximate surface area is 121 Å². The number of fused-ring (bicyclic) bond motifs is 1. The number of hydrogen-bond acceptors (Lipinski definition) is 2. The molecule has 0 aliphatic heterocycles. The summed E-state index contributed by atoms with van der Waals surface area (Å²) in [5, 5.41) is 1.40. The van der Waals surface area contributed by atoms with Crippen LogP contribution in [0.3, 0.4) is 0 Å². The van der Waals surface area contributed by atoms with E-state index < -0.39 is 0 Å². The Morgan fingerprint density at radius 2 is 1.95 bits per heavy atom. The fraction of sp³-hybridized carbons (Fsp3) is 0.125. The zero-order valence-electron chi connectivity index (χ0n) is 10.6. The highest BCUT2D eigenvalue weighted by molar-refractivity contribution is 6.31. The van der Waals surface area contributed by atoms with Gasteiger partial charge in [0.15, 0.2) is 0 Å². The molecule has 3 rings (SSSR count). The molecule has 2 N–H and O–H groups in total. The van der Waals surface area contributed by atoms with Gasteiger partial charge in [-0.25, -0.2) is 4.39 Å². The number of halogens is 2. The average Bonchev–Trinajstić information content (AvgIpc) is 2.86. The summed E-state index contributed by atoms with van der Waals surface area (Å²) in [6, 6.07) is 13.7. The topological polar surface area (TPSA) is 39.2 Å². The Morgan fingerprint density at radius 3 is 2.70 bits per heavy atom. The van der Waals surface area contributed by atoms with E-state index in [1.54, 1.807) is 6.07 Å². The number of furan rings is 1. The van der Waals surface area contributed by atoms with Gasteiger partial charge in [-0.15, -0.1) is 0 Å². The molecule has 20 heavy (non-hydrogen) atoms. The van der Waals surface area contributed by atoms with Crippen LogP contribution in [0.4, 0.5) is 4.39 Å². The molecule has 0 bridgehead atoms. The molecule has 0 aliphatic rings. The highest BCUT2D eigenvalue weighted by Gasteiger charge is 2.14. The van der Waals surface area contributed by atoms with Crippen molar-refractivity contribution in [3.63, 3.8) is 0 Å². The molecule has 0 radical (unpaired) electrons. The molecular weight excluding hydrogens is 277 g/mol. The van der Waals surface area contributed by atoms with Crippen molar-refractivity contribution in [2.75, 3.05) is 0 Å². The van der Waals surface area contributed by atoms with Gasteiger partial charge >= 0.3 is 0 Å². The summed E-state index contributed by atoms with van der Waals surface area (Å²) < 4.78 is 18.7. The number of hydrogen-bond donors (Lipinski definition) is 1. The van der Waals surface area contributed by atoms with Crippen LogP contribution < -0.4 is 5.73 Å². The molecule has 0 saturated heterocycles. The van der Waals surface area contributed by atoms with Gasteiger partial charge in [-0.05, 0) is 36.2 Å². The van der Waals surface area contributed by atoms with E-state index in [2.05, 4.69) is 0 Å². The number of rotatable bonds is 3. The van der Waals surface area contributed by atoms with Crippen molar-refractivity contribution in [2.24, 2.45) is 5.73 Å². The van der Waals surface area contributed by atoms with Crippen molar-refractivity contribution in [1.29, 1.82) is 0 Å². The molecule has 0 spiro atoms. The Bertz CT molecular complexity index is 720. The minimum Gasteiger partial charge on any atom is -0.459 e. The van der Waals surface area contributed by atoms with Gasteiger partial charge in [0.2, 0.25) is 0 Å². The highest BCUT2D eigenvalue weighted by atomic mass is 35.5. The molecule has 1 aromatic heterocycles. The summed E-state index contributed by atoms with van der Waals surface area (Å²) in [6.07, 6.45) is 0.499. The summed E-state index contributed by atoms with van der Waals surface area (Å²) in [5.74, 6) is 0.350. The maximum Gasteiger partial charge on any atom is 0.134 e. The lowest BCUT2D eigenvalue weighted by molar-refractivity contribution is 0.494. The lowest BCUT2D eigenvalue weighted by atomic mass is 10.0. The first kappa shape index (κ1) is 13.2. The zero-order valence-corrected chi connectivity index (χ0v) is 11.4. The Hall–Kier alpha value is -1.84. The maximum absolute atomic E-state index is 13.0. The fourth-order valence-corrected chi connectivity index (χ4v) is 2.45. The average molecular weight is 290 g/mol. The summed E-state index contributed by atoms with van der Waals surface area (Å²) >= 11 is 6.01. The second-order valence-electron chi connectivity index (χ2n) is 4.73. The molecule has 1 unspecified atom stereocenters. The molecule has 0 amide bonds. The number of para-hydroxylation sites is 1. The highest BCUT2D eigenvalue weighted by Crippen LogP contribution is 2.27. The number of nitrogens with two attached hydrogens (primary N) is 1. The van der Waals surface area contributed by atoms with Crippen LogP contribution in [0, 0.1) is 5.82 Å². The Kier molecular flexibility index (Phi) is 3.47. The third kappa shape index (κ3) is 2.55. The first-order valence-electron chi connectivity index (χ1n) is 6.31. The van der Waals surface area contributed by atoms with Crippen LogP contribution in [0.15, 0.2) is 52.9 Å². The lowest BCUT2D eigenvalue weighted by Gasteiger charge is -2.10. The predicted octanol–water partition coefficient (Wildman–Crippen LogP) is 4.47. The lowest BCUT2D eigenvalue weighted by Crippen LogP contribution is -2.12. The SMILES string of the molecule is NC(Cc1ccc(F)cc1Cl)c1cc2ccccc2o1. The monoisotopic (exact) mass is 289 g/mol. The smallest absolute Gasteiger partial charge is 0.134 e. The number of benzene rings is 2. The Balaban J connectivity index is 1.86.